The first-order valence-corrected chi connectivity index (χ1v) is 9.55. The summed E-state index contributed by atoms with van der Waals surface area (Å²) in [5, 5.41) is 4.27. The number of hydrogen-bond acceptors (Lipinski definition) is 3. The molecule has 2 aliphatic heterocycles. The van der Waals surface area contributed by atoms with Crippen LogP contribution in [0.25, 0.3) is 0 Å². The molecule has 1 N–H and O–H groups in total. The number of amides is 1. The van der Waals surface area contributed by atoms with E-state index in [0.29, 0.717) is 31.0 Å². The van der Waals surface area contributed by atoms with Gasteiger partial charge in [0.05, 0.1) is 13.9 Å². The van der Waals surface area contributed by atoms with Crippen LogP contribution in [0.2, 0.25) is 5.02 Å². The molecular weight excluding hydrogens is 323 g/mol. The number of piperidine rings is 1. The van der Waals surface area contributed by atoms with Crippen LogP contribution in [-0.4, -0.2) is 28.7 Å². The fourth-order valence-corrected chi connectivity index (χ4v) is 4.82. The summed E-state index contributed by atoms with van der Waals surface area (Å²) in [6.07, 6.45) is 4.89. The second kappa shape index (κ2) is 6.70. The third-order valence-electron chi connectivity index (χ3n) is 4.38. The van der Waals surface area contributed by atoms with Gasteiger partial charge in [0, 0.05) is 23.1 Å². The molecule has 1 aromatic rings. The van der Waals surface area contributed by atoms with Gasteiger partial charge < -0.3 is 5.32 Å². The van der Waals surface area contributed by atoms with Crippen LogP contribution in [0.15, 0.2) is 24.3 Å². The lowest BCUT2D eigenvalue weighted by molar-refractivity contribution is -0.127. The van der Waals surface area contributed by atoms with Gasteiger partial charge in [0.2, 0.25) is 5.91 Å². The van der Waals surface area contributed by atoms with Crippen molar-refractivity contribution in [3.8, 4) is 0 Å². The lowest BCUT2D eigenvalue weighted by Gasteiger charge is -2.34. The van der Waals surface area contributed by atoms with Gasteiger partial charge in [-0.25, -0.2) is 0 Å². The highest BCUT2D eigenvalue weighted by atomic mass is 35.5. The molecule has 2 heterocycles. The van der Waals surface area contributed by atoms with E-state index in [-0.39, 0.29) is 11.9 Å². The monoisotopic (exact) mass is 340 g/mol. The Morgan fingerprint density at radius 2 is 2.10 bits per heavy atom. The molecule has 3 rings (SSSR count). The van der Waals surface area contributed by atoms with Crippen molar-refractivity contribution in [2.24, 2.45) is 0 Å². The molecule has 2 fully saturated rings. The average Bonchev–Trinajstić information content (AvgIpc) is 2.78. The average molecular weight is 341 g/mol. The van der Waals surface area contributed by atoms with E-state index in [2.05, 4.69) is 5.32 Å². The predicted molar refractivity (Wildman–Crippen MR) is 89.3 cm³/mol. The van der Waals surface area contributed by atoms with Crippen molar-refractivity contribution in [1.82, 2.24) is 9.99 Å². The number of nitrogens with one attached hydrogen (secondary N) is 1. The summed E-state index contributed by atoms with van der Waals surface area (Å²) < 4.78 is 1.86. The first-order valence-electron chi connectivity index (χ1n) is 7.31. The standard InChI is InChI=1S/C15H18ClN2OPS/c16-11-3-1-2-10(6-11)7-15(19)18(20-21)14-8-12-4-5-13(9-14)17-12/h1-3,6,12-14,17H,4-5,7-9H2/t12-,13+,14+. The van der Waals surface area contributed by atoms with Gasteiger partial charge >= 0.3 is 0 Å². The van der Waals surface area contributed by atoms with Gasteiger partial charge in [0.1, 0.15) is 0 Å². The molecule has 0 spiro atoms. The highest BCUT2D eigenvalue weighted by Gasteiger charge is 2.37. The first kappa shape index (κ1) is 15.4. The fourth-order valence-electron chi connectivity index (χ4n) is 3.45. The second-order valence-electron chi connectivity index (χ2n) is 5.89. The van der Waals surface area contributed by atoms with Crippen molar-refractivity contribution in [2.45, 2.75) is 50.2 Å². The van der Waals surface area contributed by atoms with Gasteiger partial charge in [0.15, 0.2) is 0 Å². The Labute approximate surface area is 136 Å². The molecule has 0 aromatic heterocycles. The van der Waals surface area contributed by atoms with Crippen LogP contribution in [0.1, 0.15) is 31.2 Å². The number of hydrogen-bond donors (Lipinski definition) is 1. The van der Waals surface area contributed by atoms with E-state index in [4.69, 9.17) is 23.4 Å². The van der Waals surface area contributed by atoms with Crippen LogP contribution >= 0.6 is 19.1 Å². The van der Waals surface area contributed by atoms with E-state index in [9.17, 15) is 4.79 Å². The number of carbonyl (C=O) groups excluding carboxylic acids is 1. The number of rotatable bonds is 4. The van der Waals surface area contributed by atoms with Gasteiger partial charge in [-0.3, -0.25) is 9.46 Å². The number of benzene rings is 1. The summed E-state index contributed by atoms with van der Waals surface area (Å²) >= 11 is 11.2. The maximum Gasteiger partial charge on any atom is 0.235 e. The normalized spacial score (nSPS) is 27.8. The Morgan fingerprint density at radius 3 is 2.71 bits per heavy atom. The van der Waals surface area contributed by atoms with E-state index in [1.807, 2.05) is 28.9 Å². The Hall–Kier alpha value is -0.540. The van der Waals surface area contributed by atoms with Crippen molar-refractivity contribution in [2.75, 3.05) is 0 Å². The minimum absolute atomic E-state index is 0.111. The Kier molecular flexibility index (Phi) is 4.90. The molecule has 2 aliphatic rings. The third-order valence-corrected chi connectivity index (χ3v) is 5.87. The maximum absolute atomic E-state index is 12.6. The van der Waals surface area contributed by atoms with Gasteiger partial charge in [-0.2, -0.15) is 0 Å². The Balaban J connectivity index is 1.68. The van der Waals surface area contributed by atoms with E-state index < -0.39 is 0 Å². The summed E-state index contributed by atoms with van der Waals surface area (Å²) in [5.41, 5.74) is 0.952. The lowest BCUT2D eigenvalue weighted by Crippen LogP contribution is -2.47. The van der Waals surface area contributed by atoms with Gasteiger partial charge in [-0.05, 0) is 55.2 Å². The van der Waals surface area contributed by atoms with Gasteiger partial charge in [-0.1, -0.05) is 23.7 Å². The summed E-state index contributed by atoms with van der Waals surface area (Å²) in [6, 6.07) is 8.90. The molecular formula is C15H18ClN2OPS. The lowest BCUT2D eigenvalue weighted by atomic mass is 9.99. The SMILES string of the molecule is O=C(Cc1cccc(Cl)c1)N(P=S)[C@H]1C[C@H]2CC[C@@H](C1)N2. The summed E-state index contributed by atoms with van der Waals surface area (Å²) in [5.74, 6) is 0.111. The molecule has 0 saturated carbocycles. The van der Waals surface area contributed by atoms with Crippen LogP contribution in [0, 0.1) is 0 Å². The zero-order valence-electron chi connectivity index (χ0n) is 11.7. The van der Waals surface area contributed by atoms with Crippen molar-refractivity contribution in [3.05, 3.63) is 34.9 Å². The number of fused-ring (bicyclic) bond motifs is 2. The van der Waals surface area contributed by atoms with Crippen LogP contribution in [0.3, 0.4) is 0 Å². The van der Waals surface area contributed by atoms with Gasteiger partial charge in [0.25, 0.3) is 0 Å². The summed E-state index contributed by atoms with van der Waals surface area (Å²) in [6.45, 7) is 0. The first-order chi connectivity index (χ1) is 10.2. The van der Waals surface area contributed by atoms with Crippen LogP contribution in [0.4, 0.5) is 0 Å². The molecule has 0 unspecified atom stereocenters. The maximum atomic E-state index is 12.6. The van der Waals surface area contributed by atoms with Crippen molar-refractivity contribution in [1.29, 1.82) is 0 Å². The molecule has 21 heavy (non-hydrogen) atoms. The molecule has 2 saturated heterocycles. The number of halogens is 1. The van der Waals surface area contributed by atoms with Crippen LogP contribution in [0.5, 0.6) is 0 Å². The molecule has 1 amide bonds. The number of nitrogens with zero attached hydrogens (tertiary/aromatic N) is 1. The predicted octanol–water partition coefficient (Wildman–Crippen LogP) is 3.32. The molecule has 112 valence electrons. The summed E-state index contributed by atoms with van der Waals surface area (Å²) in [4.78, 5) is 12.6. The molecule has 3 atom stereocenters. The minimum atomic E-state index is 0.111. The highest BCUT2D eigenvalue weighted by Crippen LogP contribution is 2.32. The smallest absolute Gasteiger partial charge is 0.235 e. The van der Waals surface area contributed by atoms with Gasteiger partial charge in [-0.15, -0.1) is 0 Å². The van der Waals surface area contributed by atoms with E-state index in [1.54, 1.807) is 0 Å². The third kappa shape index (κ3) is 3.62. The fraction of sp³-hybridized carbons (Fsp3) is 0.533. The molecule has 6 heteroatoms. The molecule has 0 radical (unpaired) electrons. The van der Waals surface area contributed by atoms with Crippen molar-refractivity contribution >= 4 is 36.8 Å². The minimum Gasteiger partial charge on any atom is -0.311 e. The largest absolute Gasteiger partial charge is 0.311 e. The Morgan fingerprint density at radius 1 is 1.38 bits per heavy atom. The molecule has 2 bridgehead atoms. The Bertz CT molecular complexity index is 544. The topological polar surface area (TPSA) is 32.3 Å². The van der Waals surface area contributed by atoms with E-state index in [0.717, 1.165) is 18.4 Å². The van der Waals surface area contributed by atoms with Crippen LogP contribution in [-0.2, 0) is 23.0 Å². The van der Waals surface area contributed by atoms with Crippen molar-refractivity contribution < 1.29 is 4.79 Å². The summed E-state index contributed by atoms with van der Waals surface area (Å²) in [7, 11) is 0.634. The highest BCUT2D eigenvalue weighted by molar-refractivity contribution is 7.95. The van der Waals surface area contributed by atoms with Crippen molar-refractivity contribution in [3.63, 3.8) is 0 Å². The quantitative estimate of drug-likeness (QED) is 0.853. The van der Waals surface area contributed by atoms with E-state index in [1.165, 1.54) is 12.8 Å². The van der Waals surface area contributed by atoms with E-state index >= 15 is 0 Å². The molecule has 0 aliphatic carbocycles. The number of carbonyl (C=O) groups is 1. The molecule has 1 aromatic carbocycles. The zero-order valence-corrected chi connectivity index (χ0v) is 14.1. The second-order valence-corrected chi connectivity index (χ2v) is 7.41. The van der Waals surface area contributed by atoms with Crippen LogP contribution < -0.4 is 5.32 Å². The zero-order chi connectivity index (χ0) is 14.8. The molecule has 3 nitrogen and oxygen atoms in total.